The molecule has 98 valence electrons. The van der Waals surface area contributed by atoms with Crippen LogP contribution in [0.2, 0.25) is 24.2 Å². The van der Waals surface area contributed by atoms with Gasteiger partial charge in [0.2, 0.25) is 0 Å². The lowest BCUT2D eigenvalue weighted by atomic mass is 10.2. The van der Waals surface area contributed by atoms with Gasteiger partial charge in [-0.1, -0.05) is 41.5 Å². The van der Waals surface area contributed by atoms with Crippen molar-refractivity contribution in [3.8, 4) is 0 Å². The first-order chi connectivity index (χ1) is 7.22. The van der Waals surface area contributed by atoms with E-state index in [4.69, 9.17) is 8.54 Å². The molecule has 0 aromatic rings. The normalized spacial score (nSPS) is 13.5. The minimum atomic E-state index is -2.01. The maximum absolute atomic E-state index is 6.37. The summed E-state index contributed by atoms with van der Waals surface area (Å²) in [7, 11) is -3.05. The molecule has 0 aliphatic rings. The van der Waals surface area contributed by atoms with Crippen LogP contribution in [0.5, 0.6) is 0 Å². The maximum Gasteiger partial charge on any atom is 0.333 e. The van der Waals surface area contributed by atoms with Crippen molar-refractivity contribution in [3.05, 3.63) is 0 Å². The van der Waals surface area contributed by atoms with E-state index in [1.807, 2.05) is 0 Å². The number of hydrogen-bond donors (Lipinski definition) is 0. The number of hydrogen-bond acceptors (Lipinski definition) is 2. The Balaban J connectivity index is 4.80. The Morgan fingerprint density at radius 1 is 0.938 bits per heavy atom. The van der Waals surface area contributed by atoms with Crippen LogP contribution in [0.1, 0.15) is 41.5 Å². The summed E-state index contributed by atoms with van der Waals surface area (Å²) >= 11 is 0. The first-order valence-electron chi connectivity index (χ1n) is 6.54. The molecule has 0 aromatic carbocycles. The molecular formula is C12H30O2Si2. The zero-order valence-corrected chi connectivity index (χ0v) is 14.5. The molecule has 0 saturated carbocycles. The van der Waals surface area contributed by atoms with Crippen LogP contribution in [0.25, 0.3) is 0 Å². The Kier molecular flexibility index (Phi) is 7.09. The predicted octanol–water partition coefficient (Wildman–Crippen LogP) is 3.92. The highest BCUT2D eigenvalue weighted by Gasteiger charge is 2.45. The molecule has 0 fully saturated rings. The summed E-state index contributed by atoms with van der Waals surface area (Å²) in [6, 6.07) is 0. The fourth-order valence-corrected chi connectivity index (χ4v) is 9.96. The van der Waals surface area contributed by atoms with Crippen LogP contribution in [0.15, 0.2) is 0 Å². The van der Waals surface area contributed by atoms with E-state index in [9.17, 15) is 0 Å². The topological polar surface area (TPSA) is 18.5 Å². The lowest BCUT2D eigenvalue weighted by Crippen LogP contribution is -2.51. The second-order valence-corrected chi connectivity index (χ2v) is 13.0. The highest BCUT2D eigenvalue weighted by Crippen LogP contribution is 2.35. The van der Waals surface area contributed by atoms with Gasteiger partial charge in [0.1, 0.15) is 0 Å². The molecule has 0 spiro atoms. The van der Waals surface area contributed by atoms with Crippen LogP contribution in [-0.2, 0) is 8.54 Å². The minimum Gasteiger partial charge on any atom is -0.438 e. The van der Waals surface area contributed by atoms with Gasteiger partial charge in [0.25, 0.3) is 0 Å². The molecule has 2 nitrogen and oxygen atoms in total. The van der Waals surface area contributed by atoms with Crippen LogP contribution in [0.4, 0.5) is 0 Å². The molecule has 0 rings (SSSR count). The van der Waals surface area contributed by atoms with Crippen molar-refractivity contribution < 1.29 is 8.54 Å². The van der Waals surface area contributed by atoms with Gasteiger partial charge in [-0.2, -0.15) is 0 Å². The van der Waals surface area contributed by atoms with Crippen molar-refractivity contribution in [1.82, 2.24) is 0 Å². The van der Waals surface area contributed by atoms with Gasteiger partial charge in [-0.3, -0.25) is 0 Å². The molecule has 4 heteroatoms. The Hall–Kier alpha value is 0.354. The average Bonchev–Trinajstić information content (AvgIpc) is 2.10. The molecule has 0 unspecified atom stereocenters. The Morgan fingerprint density at radius 2 is 1.38 bits per heavy atom. The maximum atomic E-state index is 6.37. The quantitative estimate of drug-likeness (QED) is 0.647. The second kappa shape index (κ2) is 6.94. The minimum absolute atomic E-state index is 0.529. The van der Waals surface area contributed by atoms with E-state index in [1.165, 1.54) is 0 Å². The number of rotatable bonds is 7. The van der Waals surface area contributed by atoms with Crippen LogP contribution in [-0.4, -0.2) is 24.2 Å². The van der Waals surface area contributed by atoms with Gasteiger partial charge in [0, 0.05) is 6.61 Å². The fraction of sp³-hybridized carbons (Fsp3) is 1.00. The highest BCUT2D eigenvalue weighted by molar-refractivity contribution is 6.77. The Labute approximate surface area is 105 Å². The first kappa shape index (κ1) is 16.4. The molecule has 0 radical (unpaired) electrons. The molecule has 0 bridgehead atoms. The largest absolute Gasteiger partial charge is 0.438 e. The van der Waals surface area contributed by atoms with E-state index in [0.717, 1.165) is 6.61 Å². The summed E-state index contributed by atoms with van der Waals surface area (Å²) in [4.78, 5) is 0. The third kappa shape index (κ3) is 4.69. The van der Waals surface area contributed by atoms with E-state index in [-0.39, 0.29) is 0 Å². The standard InChI is InChI=1S/C12H30O2Si2/c1-10(2)9-13-16(11(3)4,12(5)6)14-15(7)8/h10-12,15H,9H2,1-8H3. The van der Waals surface area contributed by atoms with Gasteiger partial charge in [-0.25, -0.2) is 0 Å². The highest BCUT2D eigenvalue weighted by atomic mass is 28.4. The summed E-state index contributed by atoms with van der Waals surface area (Å²) in [5.41, 5.74) is 1.06. The third-order valence-electron chi connectivity index (χ3n) is 2.67. The van der Waals surface area contributed by atoms with Gasteiger partial charge in [-0.05, 0) is 30.1 Å². The van der Waals surface area contributed by atoms with Gasteiger partial charge in [0.15, 0.2) is 9.04 Å². The average molecular weight is 263 g/mol. The molecule has 0 N–H and O–H groups in total. The molecular weight excluding hydrogens is 232 g/mol. The first-order valence-corrected chi connectivity index (χ1v) is 11.3. The fourth-order valence-electron chi connectivity index (χ4n) is 1.97. The molecule has 0 amide bonds. The SMILES string of the molecule is CC(C)CO[Si](O[SiH](C)C)(C(C)C)C(C)C. The summed E-state index contributed by atoms with van der Waals surface area (Å²) < 4.78 is 12.6. The molecule has 0 aliphatic carbocycles. The van der Waals surface area contributed by atoms with Crippen molar-refractivity contribution in [2.75, 3.05) is 6.61 Å². The van der Waals surface area contributed by atoms with Gasteiger partial charge in [0.05, 0.1) is 0 Å². The molecule has 0 atom stereocenters. The second-order valence-electron chi connectivity index (χ2n) is 5.90. The van der Waals surface area contributed by atoms with Crippen LogP contribution >= 0.6 is 0 Å². The summed E-state index contributed by atoms with van der Waals surface area (Å²) in [5, 5.41) is 0. The van der Waals surface area contributed by atoms with E-state index >= 15 is 0 Å². The van der Waals surface area contributed by atoms with E-state index in [2.05, 4.69) is 54.6 Å². The van der Waals surface area contributed by atoms with Crippen molar-refractivity contribution in [2.24, 2.45) is 5.92 Å². The predicted molar refractivity (Wildman–Crippen MR) is 76.7 cm³/mol. The monoisotopic (exact) mass is 262 g/mol. The molecule has 0 aliphatic heterocycles. The van der Waals surface area contributed by atoms with Crippen LogP contribution in [0.3, 0.4) is 0 Å². The lowest BCUT2D eigenvalue weighted by Gasteiger charge is -2.39. The summed E-state index contributed by atoms with van der Waals surface area (Å²) in [6.07, 6.45) is 0. The van der Waals surface area contributed by atoms with Gasteiger partial charge >= 0.3 is 8.56 Å². The van der Waals surface area contributed by atoms with Crippen molar-refractivity contribution in [1.29, 1.82) is 0 Å². The van der Waals surface area contributed by atoms with Crippen LogP contribution < -0.4 is 0 Å². The van der Waals surface area contributed by atoms with E-state index in [1.54, 1.807) is 0 Å². The van der Waals surface area contributed by atoms with Crippen LogP contribution in [0, 0.1) is 5.92 Å². The molecule has 0 aromatic heterocycles. The van der Waals surface area contributed by atoms with Gasteiger partial charge in [-0.15, -0.1) is 0 Å². The van der Waals surface area contributed by atoms with E-state index < -0.39 is 17.6 Å². The molecule has 0 saturated heterocycles. The third-order valence-corrected chi connectivity index (χ3v) is 9.87. The summed E-state index contributed by atoms with van der Waals surface area (Å²) in [5.74, 6) is 0.585. The zero-order chi connectivity index (χ0) is 12.9. The zero-order valence-electron chi connectivity index (χ0n) is 12.3. The van der Waals surface area contributed by atoms with E-state index in [0.29, 0.717) is 17.0 Å². The molecule has 0 heterocycles. The Morgan fingerprint density at radius 3 is 1.62 bits per heavy atom. The van der Waals surface area contributed by atoms with Crippen molar-refractivity contribution in [2.45, 2.75) is 65.7 Å². The summed E-state index contributed by atoms with van der Waals surface area (Å²) in [6.45, 7) is 18.7. The molecule has 16 heavy (non-hydrogen) atoms. The van der Waals surface area contributed by atoms with Crippen molar-refractivity contribution >= 4 is 17.6 Å². The Bertz CT molecular complexity index is 183. The van der Waals surface area contributed by atoms with Gasteiger partial charge < -0.3 is 8.54 Å². The van der Waals surface area contributed by atoms with Crippen molar-refractivity contribution in [3.63, 3.8) is 0 Å². The lowest BCUT2D eigenvalue weighted by molar-refractivity contribution is 0.193. The smallest absolute Gasteiger partial charge is 0.333 e.